The highest BCUT2D eigenvalue weighted by Crippen LogP contribution is 2.21. The van der Waals surface area contributed by atoms with Gasteiger partial charge in [0.05, 0.1) is 5.69 Å². The van der Waals surface area contributed by atoms with Crippen LogP contribution in [0, 0.1) is 0 Å². The van der Waals surface area contributed by atoms with E-state index in [1.807, 2.05) is 10.6 Å². The molecule has 0 atom stereocenters. The topological polar surface area (TPSA) is 57.2 Å². The van der Waals surface area contributed by atoms with Gasteiger partial charge in [0, 0.05) is 26.0 Å². The minimum Gasteiger partial charge on any atom is -0.394 e. The largest absolute Gasteiger partial charge is 0.394 e. The average molecular weight is 236 g/mol. The lowest BCUT2D eigenvalue weighted by molar-refractivity contribution is 0.189. The summed E-state index contributed by atoms with van der Waals surface area (Å²) < 4.78 is 6.88. The average Bonchev–Trinajstić information content (AvgIpc) is 2.34. The number of aryl methyl sites for hydroxylation is 1. The minimum atomic E-state index is -0.0400. The fourth-order valence-electron chi connectivity index (χ4n) is 2.51. The van der Waals surface area contributed by atoms with Crippen LogP contribution in [-0.2, 0) is 24.1 Å². The molecule has 0 saturated carbocycles. The zero-order valence-electron chi connectivity index (χ0n) is 10.4. The van der Waals surface area contributed by atoms with Crippen LogP contribution in [0.15, 0.2) is 10.9 Å². The third-order valence-corrected chi connectivity index (χ3v) is 3.36. The number of anilines is 1. The molecular formula is C13H20N2O2. The van der Waals surface area contributed by atoms with Gasteiger partial charge in [0.15, 0.2) is 0 Å². The molecule has 1 aliphatic rings. The third kappa shape index (κ3) is 2.52. The number of nitrogens with zero attached hydrogens (tertiary/aromatic N) is 1. The Morgan fingerprint density at radius 1 is 1.41 bits per heavy atom. The number of hydrogen-bond donors (Lipinski definition) is 1. The lowest BCUT2D eigenvalue weighted by Crippen LogP contribution is -2.29. The molecule has 0 amide bonds. The molecule has 0 fully saturated rings. The number of nitrogens with two attached hydrogens (primary N) is 1. The molecule has 1 aliphatic carbocycles. The Morgan fingerprint density at radius 3 is 2.94 bits per heavy atom. The smallest absolute Gasteiger partial charge is 0.273 e. The highest BCUT2D eigenvalue weighted by Gasteiger charge is 2.16. The highest BCUT2D eigenvalue weighted by molar-refractivity contribution is 5.42. The fraction of sp³-hybridized carbons (Fsp3) is 0.615. The Bertz CT molecular complexity index is 451. The van der Waals surface area contributed by atoms with E-state index in [9.17, 15) is 4.79 Å². The Kier molecular flexibility index (Phi) is 3.84. The van der Waals surface area contributed by atoms with Crippen molar-refractivity contribution in [1.29, 1.82) is 0 Å². The number of nitrogen functional groups attached to an aromatic ring is 1. The van der Waals surface area contributed by atoms with Crippen molar-refractivity contribution in [2.75, 3.05) is 19.5 Å². The summed E-state index contributed by atoms with van der Waals surface area (Å²) in [5, 5.41) is 0. The summed E-state index contributed by atoms with van der Waals surface area (Å²) in [5.41, 5.74) is 8.56. The van der Waals surface area contributed by atoms with Gasteiger partial charge in [-0.15, -0.1) is 0 Å². The zero-order valence-corrected chi connectivity index (χ0v) is 10.4. The SMILES string of the molecule is COCCCn1c2c(cc(N)c1=O)CCCC2. The van der Waals surface area contributed by atoms with Crippen LogP contribution in [0.5, 0.6) is 0 Å². The van der Waals surface area contributed by atoms with E-state index in [4.69, 9.17) is 10.5 Å². The molecule has 4 nitrogen and oxygen atoms in total. The number of ether oxygens (including phenoxy) is 1. The van der Waals surface area contributed by atoms with E-state index in [1.54, 1.807) is 7.11 Å². The van der Waals surface area contributed by atoms with Crippen molar-refractivity contribution < 1.29 is 4.74 Å². The maximum absolute atomic E-state index is 12.0. The molecule has 0 spiro atoms. The van der Waals surface area contributed by atoms with E-state index in [-0.39, 0.29) is 5.56 Å². The molecule has 1 aromatic heterocycles. The molecule has 2 N–H and O–H groups in total. The van der Waals surface area contributed by atoms with Crippen LogP contribution in [0.25, 0.3) is 0 Å². The van der Waals surface area contributed by atoms with Gasteiger partial charge in [0.1, 0.15) is 0 Å². The van der Waals surface area contributed by atoms with Crippen LogP contribution in [0.2, 0.25) is 0 Å². The van der Waals surface area contributed by atoms with E-state index in [1.165, 1.54) is 24.1 Å². The van der Waals surface area contributed by atoms with Crippen LogP contribution in [0.3, 0.4) is 0 Å². The number of rotatable bonds is 4. The maximum atomic E-state index is 12.0. The van der Waals surface area contributed by atoms with Gasteiger partial charge in [0.2, 0.25) is 0 Å². The second-order valence-corrected chi connectivity index (χ2v) is 4.58. The van der Waals surface area contributed by atoms with Crippen LogP contribution in [-0.4, -0.2) is 18.3 Å². The number of methoxy groups -OCH3 is 1. The molecule has 0 bridgehead atoms. The maximum Gasteiger partial charge on any atom is 0.273 e. The van der Waals surface area contributed by atoms with Gasteiger partial charge in [-0.25, -0.2) is 0 Å². The Morgan fingerprint density at radius 2 is 2.18 bits per heavy atom. The highest BCUT2D eigenvalue weighted by atomic mass is 16.5. The van der Waals surface area contributed by atoms with Crippen LogP contribution >= 0.6 is 0 Å². The Hall–Kier alpha value is -1.29. The number of fused-ring (bicyclic) bond motifs is 1. The molecule has 17 heavy (non-hydrogen) atoms. The first kappa shape index (κ1) is 12.2. The van der Waals surface area contributed by atoms with E-state index in [0.717, 1.165) is 19.3 Å². The summed E-state index contributed by atoms with van der Waals surface area (Å²) in [6.07, 6.45) is 5.26. The molecule has 94 valence electrons. The quantitative estimate of drug-likeness (QED) is 0.803. The molecule has 0 aromatic carbocycles. The number of pyridine rings is 1. The summed E-state index contributed by atoms with van der Waals surface area (Å²) in [5.74, 6) is 0. The first-order chi connectivity index (χ1) is 8.24. The summed E-state index contributed by atoms with van der Waals surface area (Å²) in [4.78, 5) is 12.0. The third-order valence-electron chi connectivity index (χ3n) is 3.36. The van der Waals surface area contributed by atoms with Gasteiger partial charge in [0.25, 0.3) is 5.56 Å². The van der Waals surface area contributed by atoms with Gasteiger partial charge in [-0.05, 0) is 43.7 Å². The number of aromatic nitrogens is 1. The van der Waals surface area contributed by atoms with Crippen molar-refractivity contribution in [2.45, 2.75) is 38.6 Å². The van der Waals surface area contributed by atoms with E-state index < -0.39 is 0 Å². The van der Waals surface area contributed by atoms with Crippen LogP contribution in [0.4, 0.5) is 5.69 Å². The van der Waals surface area contributed by atoms with E-state index in [2.05, 4.69) is 0 Å². The molecule has 1 heterocycles. The van der Waals surface area contributed by atoms with Crippen molar-refractivity contribution in [2.24, 2.45) is 0 Å². The van der Waals surface area contributed by atoms with Crippen molar-refractivity contribution in [3.8, 4) is 0 Å². The predicted octanol–water partition coefficient (Wildman–Crippen LogP) is 1.35. The molecule has 1 aromatic rings. The molecule has 0 unspecified atom stereocenters. The lowest BCUT2D eigenvalue weighted by atomic mass is 9.95. The van der Waals surface area contributed by atoms with Gasteiger partial charge < -0.3 is 15.0 Å². The van der Waals surface area contributed by atoms with Gasteiger partial charge in [-0.1, -0.05) is 0 Å². The monoisotopic (exact) mass is 236 g/mol. The summed E-state index contributed by atoms with van der Waals surface area (Å²) >= 11 is 0. The summed E-state index contributed by atoms with van der Waals surface area (Å²) in [6.45, 7) is 1.38. The normalized spacial score (nSPS) is 14.6. The van der Waals surface area contributed by atoms with Crippen LogP contribution < -0.4 is 11.3 Å². The second kappa shape index (κ2) is 5.36. The molecule has 0 saturated heterocycles. The van der Waals surface area contributed by atoms with Crippen molar-refractivity contribution in [3.63, 3.8) is 0 Å². The van der Waals surface area contributed by atoms with E-state index in [0.29, 0.717) is 18.8 Å². The van der Waals surface area contributed by atoms with E-state index >= 15 is 0 Å². The zero-order chi connectivity index (χ0) is 12.3. The summed E-state index contributed by atoms with van der Waals surface area (Å²) in [7, 11) is 1.68. The Balaban J connectivity index is 2.33. The first-order valence-electron chi connectivity index (χ1n) is 6.24. The molecule has 2 rings (SSSR count). The first-order valence-corrected chi connectivity index (χ1v) is 6.24. The van der Waals surface area contributed by atoms with Gasteiger partial charge >= 0.3 is 0 Å². The molecule has 4 heteroatoms. The van der Waals surface area contributed by atoms with Crippen LogP contribution in [0.1, 0.15) is 30.5 Å². The lowest BCUT2D eigenvalue weighted by Gasteiger charge is -2.21. The molecular weight excluding hydrogens is 216 g/mol. The van der Waals surface area contributed by atoms with Crippen molar-refractivity contribution in [3.05, 3.63) is 27.7 Å². The molecule has 0 aliphatic heterocycles. The van der Waals surface area contributed by atoms with Gasteiger partial charge in [-0.3, -0.25) is 4.79 Å². The van der Waals surface area contributed by atoms with Crippen molar-refractivity contribution >= 4 is 5.69 Å². The minimum absolute atomic E-state index is 0.0400. The standard InChI is InChI=1S/C13H20N2O2/c1-17-8-4-7-15-12-6-3-2-5-10(12)9-11(14)13(15)16/h9H,2-8,14H2,1H3. The fourth-order valence-corrected chi connectivity index (χ4v) is 2.51. The summed E-state index contributed by atoms with van der Waals surface area (Å²) in [6, 6.07) is 1.86. The number of hydrogen-bond acceptors (Lipinski definition) is 3. The van der Waals surface area contributed by atoms with Gasteiger partial charge in [-0.2, -0.15) is 0 Å². The second-order valence-electron chi connectivity index (χ2n) is 4.58. The van der Waals surface area contributed by atoms with Crippen molar-refractivity contribution in [1.82, 2.24) is 4.57 Å². The predicted molar refractivity (Wildman–Crippen MR) is 68.2 cm³/mol. The Labute approximate surface area is 101 Å². The molecule has 0 radical (unpaired) electrons.